The van der Waals surface area contributed by atoms with Crippen LogP contribution in [0.1, 0.15) is 6.92 Å². The van der Waals surface area contributed by atoms with Crippen molar-refractivity contribution in [2.24, 2.45) is 0 Å². The molecule has 2 N–H and O–H groups in total. The topological polar surface area (TPSA) is 74.2 Å². The van der Waals surface area contributed by atoms with E-state index in [-0.39, 0.29) is 22.5 Å². The van der Waals surface area contributed by atoms with Crippen molar-refractivity contribution in [1.29, 1.82) is 0 Å². The molecular weight excluding hydrogens is 239 g/mol. The van der Waals surface area contributed by atoms with E-state index in [0.717, 1.165) is 6.92 Å². The fourth-order valence-corrected chi connectivity index (χ4v) is 1.22. The molecule has 92 valence electrons. The van der Waals surface area contributed by atoms with Crippen molar-refractivity contribution in [3.63, 3.8) is 0 Å². The highest BCUT2D eigenvalue weighted by atomic mass is 19.4. The van der Waals surface area contributed by atoms with E-state index in [0.29, 0.717) is 0 Å². The second-order valence-electron chi connectivity index (χ2n) is 3.42. The van der Waals surface area contributed by atoms with Crippen LogP contribution in [0.3, 0.4) is 0 Å². The van der Waals surface area contributed by atoms with Gasteiger partial charge in [-0.3, -0.25) is 0 Å². The smallest absolute Gasteiger partial charge is 0.425 e. The summed E-state index contributed by atoms with van der Waals surface area (Å²) in [6.45, 7) is 0.899. The average molecular weight is 247 g/mol. The summed E-state index contributed by atoms with van der Waals surface area (Å²) in [5, 5.41) is 6.93. The normalized spacial score (nSPS) is 13.9. The van der Waals surface area contributed by atoms with Crippen LogP contribution in [0.5, 0.6) is 5.75 Å². The summed E-state index contributed by atoms with van der Waals surface area (Å²) in [6, 6.07) is 2.68. The number of rotatable bonds is 2. The summed E-state index contributed by atoms with van der Waals surface area (Å²) in [6.07, 6.45) is -6.41. The molecule has 1 atom stereocenters. The number of hydrogen-bond donors (Lipinski definition) is 1. The molecule has 2 rings (SSSR count). The molecule has 0 aliphatic rings. The molecule has 17 heavy (non-hydrogen) atoms. The summed E-state index contributed by atoms with van der Waals surface area (Å²) in [5.74, 6) is -0.0692. The zero-order valence-electron chi connectivity index (χ0n) is 8.65. The minimum Gasteiger partial charge on any atom is -0.479 e. The van der Waals surface area contributed by atoms with Gasteiger partial charge in [0.05, 0.1) is 5.69 Å². The first kappa shape index (κ1) is 11.5. The molecule has 0 aliphatic carbocycles. The molecule has 0 amide bonds. The van der Waals surface area contributed by atoms with Gasteiger partial charge in [-0.25, -0.2) is 4.63 Å². The Balaban J connectivity index is 2.37. The molecule has 0 spiro atoms. The molecule has 0 aliphatic heterocycles. The number of nitrogens with zero attached hydrogens (tertiary/aromatic N) is 2. The van der Waals surface area contributed by atoms with Gasteiger partial charge in [0.15, 0.2) is 22.9 Å². The lowest BCUT2D eigenvalue weighted by atomic mass is 10.2. The molecular formula is C9H8F3N3O2. The fraction of sp³-hybridized carbons (Fsp3) is 0.333. The minimum atomic E-state index is -4.45. The Morgan fingerprint density at radius 2 is 1.94 bits per heavy atom. The third-order valence-corrected chi connectivity index (χ3v) is 2.17. The van der Waals surface area contributed by atoms with Gasteiger partial charge in [0, 0.05) is 0 Å². The quantitative estimate of drug-likeness (QED) is 0.823. The molecule has 1 unspecified atom stereocenters. The number of halogens is 3. The van der Waals surface area contributed by atoms with Gasteiger partial charge in [-0.15, -0.1) is 0 Å². The van der Waals surface area contributed by atoms with Gasteiger partial charge < -0.3 is 10.5 Å². The molecule has 1 heterocycles. The standard InChI is InChI=1S/C9H8F3N3O2/c1-4(9(10,11)12)16-6-3-2-5(13)7-8(6)15-17-14-7/h2-4H,13H2,1H3. The lowest BCUT2D eigenvalue weighted by Crippen LogP contribution is -2.31. The maximum atomic E-state index is 12.3. The number of benzene rings is 1. The van der Waals surface area contributed by atoms with E-state index >= 15 is 0 Å². The van der Waals surface area contributed by atoms with Crippen LogP contribution in [0.25, 0.3) is 11.0 Å². The van der Waals surface area contributed by atoms with Crippen LogP contribution in [-0.4, -0.2) is 22.6 Å². The van der Waals surface area contributed by atoms with Crippen molar-refractivity contribution >= 4 is 16.7 Å². The molecule has 1 aromatic carbocycles. The number of aromatic nitrogens is 2. The molecule has 0 bridgehead atoms. The van der Waals surface area contributed by atoms with E-state index in [1.807, 2.05) is 0 Å². The van der Waals surface area contributed by atoms with Crippen LogP contribution in [0.2, 0.25) is 0 Å². The van der Waals surface area contributed by atoms with Crippen LogP contribution in [0.15, 0.2) is 16.8 Å². The van der Waals surface area contributed by atoms with Crippen LogP contribution in [0.4, 0.5) is 18.9 Å². The number of fused-ring (bicyclic) bond motifs is 1. The Hall–Kier alpha value is -1.99. The highest BCUT2D eigenvalue weighted by Crippen LogP contribution is 2.31. The first-order valence-corrected chi connectivity index (χ1v) is 4.63. The maximum Gasteiger partial charge on any atom is 0.425 e. The van der Waals surface area contributed by atoms with Crippen molar-refractivity contribution < 1.29 is 22.5 Å². The highest BCUT2D eigenvalue weighted by molar-refractivity contribution is 5.90. The van der Waals surface area contributed by atoms with Crippen molar-refractivity contribution in [1.82, 2.24) is 10.3 Å². The molecule has 0 saturated heterocycles. The van der Waals surface area contributed by atoms with Crippen molar-refractivity contribution in [3.05, 3.63) is 12.1 Å². The molecule has 2 aromatic rings. The van der Waals surface area contributed by atoms with Gasteiger partial charge in [0.2, 0.25) is 0 Å². The number of nitrogen functional groups attached to an aromatic ring is 1. The van der Waals surface area contributed by atoms with Crippen molar-refractivity contribution in [2.75, 3.05) is 5.73 Å². The second-order valence-corrected chi connectivity index (χ2v) is 3.42. The SMILES string of the molecule is CC(Oc1ccc(N)c2nonc12)C(F)(F)F. The summed E-state index contributed by atoms with van der Waals surface area (Å²) >= 11 is 0. The van der Waals surface area contributed by atoms with Gasteiger partial charge in [0.25, 0.3) is 0 Å². The summed E-state index contributed by atoms with van der Waals surface area (Å²) in [4.78, 5) is 0. The van der Waals surface area contributed by atoms with Gasteiger partial charge in [0.1, 0.15) is 0 Å². The Morgan fingerprint density at radius 3 is 2.59 bits per heavy atom. The van der Waals surface area contributed by atoms with E-state index in [4.69, 9.17) is 10.5 Å². The molecule has 1 aromatic heterocycles. The maximum absolute atomic E-state index is 12.3. The van der Waals surface area contributed by atoms with Gasteiger partial charge in [-0.2, -0.15) is 13.2 Å². The third kappa shape index (κ3) is 2.10. The predicted octanol–water partition coefficient (Wildman–Crippen LogP) is 2.13. The summed E-state index contributed by atoms with van der Waals surface area (Å²) in [7, 11) is 0. The minimum absolute atomic E-state index is 0.0692. The lowest BCUT2D eigenvalue weighted by molar-refractivity contribution is -0.189. The number of anilines is 1. The first-order chi connectivity index (χ1) is 7.89. The number of alkyl halides is 3. The Kier molecular flexibility index (Phi) is 2.56. The van der Waals surface area contributed by atoms with Gasteiger partial charge in [-0.05, 0) is 29.4 Å². The van der Waals surface area contributed by atoms with Crippen molar-refractivity contribution in [3.8, 4) is 5.75 Å². The Morgan fingerprint density at radius 1 is 1.29 bits per heavy atom. The fourth-order valence-electron chi connectivity index (χ4n) is 1.22. The highest BCUT2D eigenvalue weighted by Gasteiger charge is 2.38. The van der Waals surface area contributed by atoms with E-state index in [2.05, 4.69) is 14.9 Å². The average Bonchev–Trinajstić information content (AvgIpc) is 2.70. The molecule has 5 nitrogen and oxygen atoms in total. The van der Waals surface area contributed by atoms with Crippen LogP contribution in [0, 0.1) is 0 Å². The summed E-state index contributed by atoms with van der Waals surface area (Å²) < 4.78 is 46.2. The van der Waals surface area contributed by atoms with Gasteiger partial charge >= 0.3 is 6.18 Å². The monoisotopic (exact) mass is 247 g/mol. The summed E-state index contributed by atoms with van der Waals surface area (Å²) in [5.41, 5.74) is 6.05. The molecule has 8 heteroatoms. The Labute approximate surface area is 93.3 Å². The number of nitrogens with two attached hydrogens (primary N) is 1. The molecule has 0 radical (unpaired) electrons. The molecule has 0 saturated carbocycles. The van der Waals surface area contributed by atoms with Gasteiger partial charge in [-0.1, -0.05) is 0 Å². The van der Waals surface area contributed by atoms with Crippen molar-refractivity contribution in [2.45, 2.75) is 19.2 Å². The first-order valence-electron chi connectivity index (χ1n) is 4.63. The zero-order chi connectivity index (χ0) is 12.6. The third-order valence-electron chi connectivity index (χ3n) is 2.17. The lowest BCUT2D eigenvalue weighted by Gasteiger charge is -2.17. The Bertz CT molecular complexity index is 538. The van der Waals surface area contributed by atoms with E-state index in [1.165, 1.54) is 12.1 Å². The predicted molar refractivity (Wildman–Crippen MR) is 52.4 cm³/mol. The van der Waals surface area contributed by atoms with E-state index in [1.54, 1.807) is 0 Å². The number of ether oxygens (including phenoxy) is 1. The van der Waals surface area contributed by atoms with Crippen LogP contribution in [-0.2, 0) is 0 Å². The van der Waals surface area contributed by atoms with Crippen LogP contribution >= 0.6 is 0 Å². The van der Waals surface area contributed by atoms with E-state index in [9.17, 15) is 13.2 Å². The second kappa shape index (κ2) is 3.79. The van der Waals surface area contributed by atoms with E-state index < -0.39 is 12.3 Å². The zero-order valence-corrected chi connectivity index (χ0v) is 8.65. The largest absolute Gasteiger partial charge is 0.479 e. The molecule has 0 fully saturated rings. The van der Waals surface area contributed by atoms with Crippen LogP contribution < -0.4 is 10.5 Å². The number of hydrogen-bond acceptors (Lipinski definition) is 5.